The van der Waals surface area contributed by atoms with Crippen molar-refractivity contribution >= 4 is 17.3 Å². The van der Waals surface area contributed by atoms with Gasteiger partial charge in [0.05, 0.1) is 12.7 Å². The maximum Gasteiger partial charge on any atom is 0.416 e. The van der Waals surface area contributed by atoms with Gasteiger partial charge >= 0.3 is 6.18 Å². The maximum absolute atomic E-state index is 12.7. The molecule has 1 heterocycles. The molecule has 21 heavy (non-hydrogen) atoms. The number of halogens is 3. The summed E-state index contributed by atoms with van der Waals surface area (Å²) in [5.74, 6) is 0.503. The van der Waals surface area contributed by atoms with Gasteiger partial charge in [-0.25, -0.2) is 4.98 Å². The van der Waals surface area contributed by atoms with Crippen molar-refractivity contribution in [2.45, 2.75) is 13.1 Å². The third-order valence-corrected chi connectivity index (χ3v) is 2.87. The molecule has 4 nitrogen and oxygen atoms in total. The van der Waals surface area contributed by atoms with Crippen LogP contribution in [0.2, 0.25) is 0 Å². The van der Waals surface area contributed by atoms with E-state index in [0.717, 1.165) is 17.7 Å². The standard InChI is InChI=1S/C14H14F3N3O/c1-8-5-10(21-2)3-4-11(8)19-13-7-9(14(15,16)17)6-12(18)20-13/h3-7H,1-2H3,(H3,18,19,20). The molecule has 7 heteroatoms. The van der Waals surface area contributed by atoms with Crippen molar-refractivity contribution in [2.24, 2.45) is 0 Å². The Morgan fingerprint density at radius 3 is 2.48 bits per heavy atom. The number of methoxy groups -OCH3 is 1. The highest BCUT2D eigenvalue weighted by atomic mass is 19.4. The minimum absolute atomic E-state index is 0.0376. The average molecular weight is 297 g/mol. The lowest BCUT2D eigenvalue weighted by Gasteiger charge is -2.13. The van der Waals surface area contributed by atoms with Crippen LogP contribution in [-0.2, 0) is 6.18 Å². The summed E-state index contributed by atoms with van der Waals surface area (Å²) in [4.78, 5) is 3.86. The first-order chi connectivity index (χ1) is 9.79. The summed E-state index contributed by atoms with van der Waals surface area (Å²) in [5, 5.41) is 2.83. The van der Waals surface area contributed by atoms with Crippen LogP contribution in [0.4, 0.5) is 30.5 Å². The highest BCUT2D eigenvalue weighted by Crippen LogP contribution is 2.32. The van der Waals surface area contributed by atoms with Crippen LogP contribution in [0.3, 0.4) is 0 Å². The first kappa shape index (κ1) is 15.0. The summed E-state index contributed by atoms with van der Waals surface area (Å²) in [6.07, 6.45) is -4.47. The number of rotatable bonds is 3. The zero-order chi connectivity index (χ0) is 15.6. The summed E-state index contributed by atoms with van der Waals surface area (Å²) >= 11 is 0. The molecule has 0 saturated carbocycles. The molecule has 0 spiro atoms. The molecule has 2 aromatic rings. The fraction of sp³-hybridized carbons (Fsp3) is 0.214. The third kappa shape index (κ3) is 3.56. The van der Waals surface area contributed by atoms with Crippen LogP contribution >= 0.6 is 0 Å². The number of anilines is 3. The number of pyridine rings is 1. The van der Waals surface area contributed by atoms with E-state index in [1.807, 2.05) is 6.92 Å². The summed E-state index contributed by atoms with van der Waals surface area (Å²) in [6.45, 7) is 1.81. The Hall–Kier alpha value is -2.44. The molecule has 0 fully saturated rings. The molecule has 0 saturated heterocycles. The van der Waals surface area contributed by atoms with E-state index in [1.165, 1.54) is 7.11 Å². The number of alkyl halides is 3. The van der Waals surface area contributed by atoms with Crippen molar-refractivity contribution in [3.63, 3.8) is 0 Å². The molecule has 0 aliphatic carbocycles. The minimum Gasteiger partial charge on any atom is -0.497 e. The molecule has 2 rings (SSSR count). The van der Waals surface area contributed by atoms with Crippen LogP contribution in [-0.4, -0.2) is 12.1 Å². The maximum atomic E-state index is 12.7. The van der Waals surface area contributed by atoms with E-state index in [0.29, 0.717) is 11.4 Å². The smallest absolute Gasteiger partial charge is 0.416 e. The van der Waals surface area contributed by atoms with Crippen LogP contribution in [0.5, 0.6) is 5.75 Å². The molecular formula is C14H14F3N3O. The van der Waals surface area contributed by atoms with E-state index in [4.69, 9.17) is 10.5 Å². The van der Waals surface area contributed by atoms with Gasteiger partial charge in [-0.3, -0.25) is 0 Å². The van der Waals surface area contributed by atoms with Gasteiger partial charge in [-0.2, -0.15) is 13.2 Å². The van der Waals surface area contributed by atoms with Crippen molar-refractivity contribution in [1.29, 1.82) is 0 Å². The minimum atomic E-state index is -4.47. The zero-order valence-electron chi connectivity index (χ0n) is 11.5. The second kappa shape index (κ2) is 5.51. The molecule has 0 radical (unpaired) electrons. The Kier molecular flexibility index (Phi) is 3.93. The number of aryl methyl sites for hydroxylation is 1. The van der Waals surface area contributed by atoms with E-state index in [9.17, 15) is 13.2 Å². The summed E-state index contributed by atoms with van der Waals surface area (Å²) < 4.78 is 43.3. The molecule has 1 aromatic carbocycles. The Labute approximate surface area is 119 Å². The number of hydrogen-bond acceptors (Lipinski definition) is 4. The molecule has 0 amide bonds. The van der Waals surface area contributed by atoms with Gasteiger partial charge in [0, 0.05) is 5.69 Å². The molecular weight excluding hydrogens is 283 g/mol. The predicted octanol–water partition coefficient (Wildman–Crippen LogP) is 3.74. The van der Waals surface area contributed by atoms with E-state index < -0.39 is 11.7 Å². The normalized spacial score (nSPS) is 11.3. The molecule has 0 aliphatic rings. The number of aromatic nitrogens is 1. The van der Waals surface area contributed by atoms with Crippen molar-refractivity contribution in [3.05, 3.63) is 41.5 Å². The van der Waals surface area contributed by atoms with Gasteiger partial charge < -0.3 is 15.8 Å². The second-order valence-electron chi connectivity index (χ2n) is 4.47. The molecule has 0 aliphatic heterocycles. The third-order valence-electron chi connectivity index (χ3n) is 2.87. The summed E-state index contributed by atoms with van der Waals surface area (Å²) in [7, 11) is 1.54. The molecule has 0 bridgehead atoms. The topological polar surface area (TPSA) is 60.2 Å². The van der Waals surface area contributed by atoms with E-state index in [2.05, 4.69) is 10.3 Å². The first-order valence-electron chi connectivity index (χ1n) is 6.06. The average Bonchev–Trinajstić information content (AvgIpc) is 2.39. The number of benzene rings is 1. The van der Waals surface area contributed by atoms with Crippen LogP contribution in [0.25, 0.3) is 0 Å². The van der Waals surface area contributed by atoms with Crippen molar-refractivity contribution in [2.75, 3.05) is 18.2 Å². The molecule has 1 aromatic heterocycles. The quantitative estimate of drug-likeness (QED) is 0.906. The summed E-state index contributed by atoms with van der Waals surface area (Å²) in [5.41, 5.74) is 6.02. The zero-order valence-corrected chi connectivity index (χ0v) is 11.5. The number of ether oxygens (including phenoxy) is 1. The lowest BCUT2D eigenvalue weighted by atomic mass is 10.2. The summed E-state index contributed by atoms with van der Waals surface area (Å²) in [6, 6.07) is 6.88. The van der Waals surface area contributed by atoms with Gasteiger partial charge in [-0.1, -0.05) is 0 Å². The Morgan fingerprint density at radius 1 is 1.19 bits per heavy atom. The van der Waals surface area contributed by atoms with Crippen LogP contribution in [0.1, 0.15) is 11.1 Å². The Bertz CT molecular complexity index is 656. The fourth-order valence-electron chi connectivity index (χ4n) is 1.82. The van der Waals surface area contributed by atoms with E-state index >= 15 is 0 Å². The number of nitrogen functional groups attached to an aromatic ring is 1. The van der Waals surface area contributed by atoms with Crippen molar-refractivity contribution < 1.29 is 17.9 Å². The van der Waals surface area contributed by atoms with Gasteiger partial charge in [-0.15, -0.1) is 0 Å². The number of hydrogen-bond donors (Lipinski definition) is 2. The highest BCUT2D eigenvalue weighted by molar-refractivity contribution is 5.63. The van der Waals surface area contributed by atoms with Crippen LogP contribution in [0.15, 0.2) is 30.3 Å². The number of nitrogens with one attached hydrogen (secondary N) is 1. The highest BCUT2D eigenvalue weighted by Gasteiger charge is 2.31. The van der Waals surface area contributed by atoms with Gasteiger partial charge in [0.15, 0.2) is 0 Å². The van der Waals surface area contributed by atoms with Crippen molar-refractivity contribution in [1.82, 2.24) is 4.98 Å². The number of nitrogens with two attached hydrogens (primary N) is 1. The van der Waals surface area contributed by atoms with E-state index in [1.54, 1.807) is 18.2 Å². The predicted molar refractivity (Wildman–Crippen MR) is 74.7 cm³/mol. The Morgan fingerprint density at radius 2 is 1.90 bits per heavy atom. The lowest BCUT2D eigenvalue weighted by molar-refractivity contribution is -0.137. The first-order valence-corrected chi connectivity index (χ1v) is 6.06. The monoisotopic (exact) mass is 297 g/mol. The van der Waals surface area contributed by atoms with Crippen molar-refractivity contribution in [3.8, 4) is 5.75 Å². The fourth-order valence-corrected chi connectivity index (χ4v) is 1.82. The second-order valence-corrected chi connectivity index (χ2v) is 4.47. The van der Waals surface area contributed by atoms with Gasteiger partial charge in [0.2, 0.25) is 0 Å². The number of nitrogens with zero attached hydrogens (tertiary/aromatic N) is 1. The SMILES string of the molecule is COc1ccc(Nc2cc(C(F)(F)F)cc(N)n2)c(C)c1. The largest absolute Gasteiger partial charge is 0.497 e. The van der Waals surface area contributed by atoms with Gasteiger partial charge in [-0.05, 0) is 42.8 Å². The Balaban J connectivity index is 2.33. The van der Waals surface area contributed by atoms with Crippen LogP contribution < -0.4 is 15.8 Å². The van der Waals surface area contributed by atoms with Gasteiger partial charge in [0.1, 0.15) is 17.4 Å². The molecule has 3 N–H and O–H groups in total. The van der Waals surface area contributed by atoms with E-state index in [-0.39, 0.29) is 11.6 Å². The molecule has 0 atom stereocenters. The lowest BCUT2D eigenvalue weighted by Crippen LogP contribution is -2.08. The van der Waals surface area contributed by atoms with Crippen LogP contribution in [0, 0.1) is 6.92 Å². The molecule has 112 valence electrons. The van der Waals surface area contributed by atoms with Gasteiger partial charge in [0.25, 0.3) is 0 Å². The molecule has 0 unspecified atom stereocenters.